The maximum absolute atomic E-state index is 15.0. The Morgan fingerprint density at radius 1 is 0.652 bits per heavy atom. The number of hydrogen-bond acceptors (Lipinski definition) is 24. The average molecular weight is 1730 g/mol. The Labute approximate surface area is 667 Å². The summed E-state index contributed by atoms with van der Waals surface area (Å²) < 4.78 is 0.277. The minimum absolute atomic E-state index is 0.000472. The summed E-state index contributed by atoms with van der Waals surface area (Å²) in [6, 6.07) is -11.8. The van der Waals surface area contributed by atoms with Crippen LogP contribution >= 0.6 is 47.8 Å². The van der Waals surface area contributed by atoms with E-state index in [4.69, 9.17) is 34.1 Å². The molecule has 2 saturated heterocycles. The van der Waals surface area contributed by atoms with Crippen molar-refractivity contribution >= 4 is 154 Å². The van der Waals surface area contributed by atoms with Gasteiger partial charge in [-0.1, -0.05) is 18.2 Å². The lowest BCUT2D eigenvalue weighted by molar-refractivity contribution is -0.146. The second kappa shape index (κ2) is 47.6. The average Bonchev–Trinajstić information content (AvgIpc) is 1.61. The summed E-state index contributed by atoms with van der Waals surface area (Å²) in [5.74, 6) is -19.3. The van der Waals surface area contributed by atoms with E-state index in [2.05, 4.69) is 99.7 Å². The Hall–Kier alpha value is -10.5. The van der Waals surface area contributed by atoms with Gasteiger partial charge in [0.1, 0.15) is 84.0 Å². The molecular weight excluding hydrogens is 1630 g/mol. The van der Waals surface area contributed by atoms with Crippen LogP contribution in [0.3, 0.4) is 0 Å². The highest BCUT2D eigenvalue weighted by Gasteiger charge is 2.42. The number of rotatable bonds is 27. The van der Waals surface area contributed by atoms with E-state index in [1.807, 2.05) is 0 Å². The molecule has 0 saturated carbocycles. The number of phenols is 2. The number of aliphatic hydroxyl groups is 1. The molecule has 4 rings (SSSR count). The van der Waals surface area contributed by atoms with Gasteiger partial charge in [-0.05, 0) is 136 Å². The van der Waals surface area contributed by atoms with Gasteiger partial charge >= 0.3 is 12.0 Å². The molecule has 17 amide bonds. The number of aromatic hydroxyl groups is 2. The summed E-state index contributed by atoms with van der Waals surface area (Å²) in [5.41, 5.74) is 28.3. The highest BCUT2D eigenvalue weighted by Crippen LogP contribution is 2.23. The standard InChI is InChI=1S/C67H100IN21O21S2/c1-32(90)53-64(108)86-44(28-52(96)97)65(109)89-24-6-10-47(89)63(107)83-39(8-4-22-76-66(72)73)57(101)87-46(31-112)62(106)80-38(9-5-23-77-67(74)110)56(100)85-43(27-34-13-18-48(92)36(68)25-34)60(104)81-40(16-19-49(70)93)58(102)79-37(55(99)84-42(54(71)98)26-33-11-14-35(91)15-12-33)7-2-3-21-75-50(94)20-17-41(59(103)88-53)82-61(105)45(30-111)78-51(95)29-69/h11-15,18,25,32,37-47,53,90-92,111-112H,2-10,16-17,19-24,26-31,69H2,1H3,(H2,70,93)(H2,71,98)(H,75,94)(H,78,95)(H,79,102)(H,80,106)(H,81,104)(H,82,105)(H,83,107)(H,84,99)(H,85,100)(H,86,108)(H,87,101)(H,88,103)(H,96,97)(H4,72,73,76)(H3,74,77,110)/t32-,37-,38+,39+,40+,41+,42+,43?,44+,45+,46+,47+,53+/m1/s1. The zero-order chi connectivity index (χ0) is 83.5. The largest absolute Gasteiger partial charge is 0.508 e. The van der Waals surface area contributed by atoms with Crippen LogP contribution in [0.25, 0.3) is 0 Å². The number of nitrogens with one attached hydrogen (secondary N) is 15. The fourth-order valence-corrected chi connectivity index (χ4v) is 12.7. The number of urea groups is 1. The molecule has 42 nitrogen and oxygen atoms in total. The van der Waals surface area contributed by atoms with Crippen LogP contribution < -0.4 is 103 Å². The Kier molecular flexibility index (Phi) is 39.9. The van der Waals surface area contributed by atoms with Crippen LogP contribution in [0.5, 0.6) is 11.5 Å². The molecule has 2 fully saturated rings. The van der Waals surface area contributed by atoms with Crippen LogP contribution in [0.4, 0.5) is 4.79 Å². The molecule has 29 N–H and O–H groups in total. The number of guanidine groups is 1. The molecule has 618 valence electrons. The number of nitrogens with zero attached hydrogens (tertiary/aromatic N) is 1. The van der Waals surface area contributed by atoms with Crippen molar-refractivity contribution in [1.29, 1.82) is 5.41 Å². The van der Waals surface area contributed by atoms with Crippen LogP contribution in [0.15, 0.2) is 42.5 Å². The summed E-state index contributed by atoms with van der Waals surface area (Å²) in [4.78, 5) is 236. The van der Waals surface area contributed by atoms with Crippen LogP contribution in [0.2, 0.25) is 0 Å². The summed E-state index contributed by atoms with van der Waals surface area (Å²) in [5, 5.41) is 83.4. The van der Waals surface area contributed by atoms with Crippen LogP contribution in [-0.4, -0.2) is 255 Å². The lowest BCUT2D eigenvalue weighted by Crippen LogP contribution is -2.62. The number of aliphatic carboxylic acids is 1. The van der Waals surface area contributed by atoms with Crippen molar-refractivity contribution in [2.75, 3.05) is 44.2 Å². The normalized spacial score (nSPS) is 22.9. The second-order valence-corrected chi connectivity index (χ2v) is 28.2. The molecule has 45 heteroatoms. The van der Waals surface area contributed by atoms with Gasteiger partial charge in [-0.3, -0.25) is 82.1 Å². The zero-order valence-corrected chi connectivity index (χ0v) is 65.1. The molecule has 0 aromatic heterocycles. The molecule has 2 aliphatic rings. The number of amides is 17. The number of hydrogen-bond donors (Lipinski definition) is 26. The Balaban J connectivity index is 1.91. The van der Waals surface area contributed by atoms with Gasteiger partial charge in [0.05, 0.1) is 22.6 Å². The Bertz CT molecular complexity index is 3720. The van der Waals surface area contributed by atoms with Gasteiger partial charge in [-0.15, -0.1) is 0 Å². The monoisotopic (exact) mass is 1730 g/mol. The number of benzene rings is 2. The van der Waals surface area contributed by atoms with Crippen molar-refractivity contribution in [3.63, 3.8) is 0 Å². The maximum atomic E-state index is 15.0. The number of carbonyl (C=O) groups is 17. The van der Waals surface area contributed by atoms with Gasteiger partial charge in [0.25, 0.3) is 0 Å². The third-order valence-corrected chi connectivity index (χ3v) is 19.1. The molecule has 1 unspecified atom stereocenters. The lowest BCUT2D eigenvalue weighted by atomic mass is 10.0. The topological polar surface area (TPSA) is 697 Å². The second-order valence-electron chi connectivity index (χ2n) is 26.3. The molecular formula is C67H100IN21O21S2. The number of thiol groups is 2. The van der Waals surface area contributed by atoms with Gasteiger partial charge in [0.2, 0.25) is 88.6 Å². The summed E-state index contributed by atoms with van der Waals surface area (Å²) >= 11 is 10.2. The van der Waals surface area contributed by atoms with Crippen LogP contribution in [0.1, 0.15) is 108 Å². The number of phenolic OH excluding ortho intramolecular Hbond substituents is 2. The van der Waals surface area contributed by atoms with Gasteiger partial charge < -0.3 is 128 Å². The fourth-order valence-electron chi connectivity index (χ4n) is 11.6. The lowest BCUT2D eigenvalue weighted by Gasteiger charge is -2.31. The molecule has 0 aliphatic carbocycles. The smallest absolute Gasteiger partial charge is 0.312 e. The quantitative estimate of drug-likeness (QED) is 0.0130. The first kappa shape index (κ1) is 93.8. The number of carboxylic acids is 1. The molecule has 2 aromatic carbocycles. The van der Waals surface area contributed by atoms with Crippen molar-refractivity contribution in [2.24, 2.45) is 28.7 Å². The van der Waals surface area contributed by atoms with Gasteiger partial charge in [0, 0.05) is 63.4 Å². The third-order valence-electron chi connectivity index (χ3n) is 17.6. The van der Waals surface area contributed by atoms with Crippen molar-refractivity contribution in [1.82, 2.24) is 79.3 Å². The predicted molar refractivity (Wildman–Crippen MR) is 413 cm³/mol. The molecule has 2 aliphatic heterocycles. The van der Waals surface area contributed by atoms with E-state index in [1.165, 1.54) is 42.5 Å². The fraction of sp³-hybridized carbons (Fsp3) is 0.552. The number of carboxylic acid groups (broad SMARTS) is 1. The Morgan fingerprint density at radius 2 is 1.22 bits per heavy atom. The number of fused-ring (bicyclic) bond motifs is 1. The number of halogens is 1. The first-order valence-corrected chi connectivity index (χ1v) is 38.0. The Morgan fingerprint density at radius 3 is 1.79 bits per heavy atom. The van der Waals surface area contributed by atoms with Crippen LogP contribution in [0, 0.1) is 8.98 Å². The van der Waals surface area contributed by atoms with Crippen molar-refractivity contribution < 1.29 is 102 Å². The SMILES string of the molecule is C[C@@H](O)[C@@H]1NC(=O)[C@@H](NC(=O)[C@H](CS)NC(=O)CN)CCC(=O)NCCCC[C@H](C(=O)N[C@@H](Cc2ccc(O)cc2)C(N)=O)NC(=O)[C@H](CCC(N)=O)NC(=O)C(Cc2ccc(O)c(I)c2)NC(=O)[C@H](CCCNC(N)=O)NC(=O)[C@H](CS)NC(=O)[C@H](CCCNC(=N)N)NC(=O)[C@@H]2CCCN2C(=O)[C@H](CC(=O)O)NC1=O. The minimum Gasteiger partial charge on any atom is -0.508 e. The first-order valence-electron chi connectivity index (χ1n) is 35.6. The highest BCUT2D eigenvalue weighted by molar-refractivity contribution is 14.1. The maximum Gasteiger partial charge on any atom is 0.312 e. The molecule has 0 radical (unpaired) electrons. The molecule has 112 heavy (non-hydrogen) atoms. The van der Waals surface area contributed by atoms with E-state index in [1.54, 1.807) is 22.6 Å². The summed E-state index contributed by atoms with van der Waals surface area (Å²) in [7, 11) is 0. The summed E-state index contributed by atoms with van der Waals surface area (Å²) in [6.45, 7) is -0.226. The summed E-state index contributed by atoms with van der Waals surface area (Å²) in [6.07, 6.45) is -7.12. The minimum atomic E-state index is -2.07. The zero-order valence-electron chi connectivity index (χ0n) is 61.1. The van der Waals surface area contributed by atoms with Crippen molar-refractivity contribution in [3.05, 3.63) is 57.2 Å². The molecule has 0 spiro atoms. The first-order chi connectivity index (χ1) is 52.9. The van der Waals surface area contributed by atoms with Crippen molar-refractivity contribution in [3.8, 4) is 11.5 Å². The molecule has 13 atom stereocenters. The number of aliphatic hydroxyl groups excluding tert-OH is 1. The van der Waals surface area contributed by atoms with E-state index in [0.717, 1.165) is 11.8 Å². The van der Waals surface area contributed by atoms with Gasteiger partial charge in [0.15, 0.2) is 5.96 Å². The van der Waals surface area contributed by atoms with E-state index < -0.39 is 236 Å². The predicted octanol–water partition coefficient (Wildman–Crippen LogP) is -7.97. The highest BCUT2D eigenvalue weighted by atomic mass is 127. The van der Waals surface area contributed by atoms with E-state index in [-0.39, 0.29) is 117 Å². The van der Waals surface area contributed by atoms with Crippen LogP contribution in [-0.2, 0) is 89.6 Å². The number of carbonyl (C=O) groups excluding carboxylic acids is 16. The third kappa shape index (κ3) is 32.4. The van der Waals surface area contributed by atoms with E-state index in [9.17, 15) is 102 Å². The van der Waals surface area contributed by atoms with E-state index in [0.29, 0.717) is 5.56 Å². The van der Waals surface area contributed by atoms with Crippen molar-refractivity contribution in [2.45, 2.75) is 188 Å². The molecule has 2 heterocycles. The number of nitrogens with two attached hydrogens (primary N) is 5. The number of primary amides is 3. The molecule has 2 aromatic rings. The molecule has 0 bridgehead atoms. The van der Waals surface area contributed by atoms with Gasteiger partial charge in [-0.25, -0.2) is 4.79 Å². The van der Waals surface area contributed by atoms with E-state index >= 15 is 0 Å². The van der Waals surface area contributed by atoms with Gasteiger partial charge in [-0.2, -0.15) is 25.3 Å².